The fourth-order valence-corrected chi connectivity index (χ4v) is 4.77. The fraction of sp³-hybridized carbons (Fsp3) is 1.00. The summed E-state index contributed by atoms with van der Waals surface area (Å²) in [4.78, 5) is 5.48. The first-order valence-corrected chi connectivity index (χ1v) is 8.91. The number of piperazine rings is 1. The number of nitrogens with two attached hydrogens (primary N) is 1. The highest BCUT2D eigenvalue weighted by Crippen LogP contribution is 2.32. The van der Waals surface area contributed by atoms with Crippen molar-refractivity contribution in [2.75, 3.05) is 26.2 Å². The second-order valence-corrected chi connectivity index (χ2v) is 7.61. The lowest BCUT2D eigenvalue weighted by atomic mass is 9.77. The van der Waals surface area contributed by atoms with Crippen molar-refractivity contribution < 1.29 is 0 Å². The van der Waals surface area contributed by atoms with E-state index in [1.165, 1.54) is 64.7 Å². The standard InChI is InChI=1S/C17H33N3/c1-3-14-6-7-17(18)15(9-14)11-20-12-16-5-4-8-19(16)10-13(20)2/h13-17H,3-12,18H2,1-2H3. The van der Waals surface area contributed by atoms with Crippen LogP contribution in [0.15, 0.2) is 0 Å². The lowest BCUT2D eigenvalue weighted by molar-refractivity contribution is 0.0360. The monoisotopic (exact) mass is 279 g/mol. The van der Waals surface area contributed by atoms with Gasteiger partial charge in [0.05, 0.1) is 0 Å². The molecule has 3 nitrogen and oxygen atoms in total. The molecule has 0 aromatic heterocycles. The summed E-state index contributed by atoms with van der Waals surface area (Å²) in [6.07, 6.45) is 8.15. The van der Waals surface area contributed by atoms with Gasteiger partial charge in [-0.3, -0.25) is 9.80 Å². The fourth-order valence-electron chi connectivity index (χ4n) is 4.77. The number of hydrogen-bond acceptors (Lipinski definition) is 3. The summed E-state index contributed by atoms with van der Waals surface area (Å²) >= 11 is 0. The Bertz CT molecular complexity index is 319. The molecular weight excluding hydrogens is 246 g/mol. The second-order valence-electron chi connectivity index (χ2n) is 7.61. The summed E-state index contributed by atoms with van der Waals surface area (Å²) in [6, 6.07) is 2.01. The van der Waals surface area contributed by atoms with Gasteiger partial charge in [0.2, 0.25) is 0 Å². The quantitative estimate of drug-likeness (QED) is 0.860. The third-order valence-corrected chi connectivity index (χ3v) is 6.26. The van der Waals surface area contributed by atoms with E-state index in [1.807, 2.05) is 0 Å². The van der Waals surface area contributed by atoms with Gasteiger partial charge in [0.1, 0.15) is 0 Å². The molecule has 1 aliphatic carbocycles. The van der Waals surface area contributed by atoms with Crippen LogP contribution in [0.4, 0.5) is 0 Å². The Morgan fingerprint density at radius 2 is 2.00 bits per heavy atom. The molecule has 0 aromatic carbocycles. The number of hydrogen-bond donors (Lipinski definition) is 1. The molecule has 3 rings (SSSR count). The molecule has 0 radical (unpaired) electrons. The molecule has 3 aliphatic rings. The van der Waals surface area contributed by atoms with Gasteiger partial charge >= 0.3 is 0 Å². The van der Waals surface area contributed by atoms with Gasteiger partial charge in [-0.05, 0) is 57.4 Å². The van der Waals surface area contributed by atoms with E-state index in [0.717, 1.165) is 23.9 Å². The van der Waals surface area contributed by atoms with E-state index < -0.39 is 0 Å². The Balaban J connectivity index is 1.58. The van der Waals surface area contributed by atoms with Crippen molar-refractivity contribution in [3.8, 4) is 0 Å². The lowest BCUT2D eigenvalue weighted by Crippen LogP contribution is -2.57. The van der Waals surface area contributed by atoms with Crippen LogP contribution in [-0.4, -0.2) is 54.1 Å². The van der Waals surface area contributed by atoms with Crippen LogP contribution in [0.3, 0.4) is 0 Å². The van der Waals surface area contributed by atoms with E-state index in [-0.39, 0.29) is 0 Å². The van der Waals surface area contributed by atoms with Crippen molar-refractivity contribution >= 4 is 0 Å². The average molecular weight is 279 g/mol. The van der Waals surface area contributed by atoms with Gasteiger partial charge in [0.25, 0.3) is 0 Å². The number of nitrogens with zero attached hydrogens (tertiary/aromatic N) is 2. The first-order valence-electron chi connectivity index (χ1n) is 8.91. The smallest absolute Gasteiger partial charge is 0.0224 e. The van der Waals surface area contributed by atoms with Crippen LogP contribution in [-0.2, 0) is 0 Å². The molecule has 0 aromatic rings. The number of rotatable bonds is 3. The highest BCUT2D eigenvalue weighted by molar-refractivity contribution is 4.93. The van der Waals surface area contributed by atoms with E-state index in [0.29, 0.717) is 6.04 Å². The van der Waals surface area contributed by atoms with E-state index in [1.54, 1.807) is 0 Å². The molecule has 2 heterocycles. The second kappa shape index (κ2) is 6.33. The maximum Gasteiger partial charge on any atom is 0.0224 e. The molecule has 0 spiro atoms. The topological polar surface area (TPSA) is 32.5 Å². The molecule has 20 heavy (non-hydrogen) atoms. The van der Waals surface area contributed by atoms with Gasteiger partial charge in [-0.25, -0.2) is 0 Å². The Hall–Kier alpha value is -0.120. The SMILES string of the molecule is CCC1CCC(N)C(CN2CC3CCCN3CC2C)C1. The van der Waals surface area contributed by atoms with Crippen molar-refractivity contribution in [1.82, 2.24) is 9.80 Å². The van der Waals surface area contributed by atoms with Crippen LogP contribution in [0.2, 0.25) is 0 Å². The molecule has 0 bridgehead atoms. The Morgan fingerprint density at radius 3 is 2.80 bits per heavy atom. The van der Waals surface area contributed by atoms with Crippen LogP contribution < -0.4 is 5.73 Å². The molecule has 3 heteroatoms. The zero-order valence-electron chi connectivity index (χ0n) is 13.4. The predicted molar refractivity (Wildman–Crippen MR) is 84.7 cm³/mol. The van der Waals surface area contributed by atoms with Gasteiger partial charge in [0, 0.05) is 37.8 Å². The van der Waals surface area contributed by atoms with Crippen molar-refractivity contribution in [3.05, 3.63) is 0 Å². The normalized spacial score (nSPS) is 43.6. The average Bonchev–Trinajstić information content (AvgIpc) is 2.88. The predicted octanol–water partition coefficient (Wildman–Crippen LogP) is 2.31. The summed E-state index contributed by atoms with van der Waals surface area (Å²) in [6.45, 7) is 9.93. The van der Waals surface area contributed by atoms with Gasteiger partial charge in [0.15, 0.2) is 0 Å². The highest BCUT2D eigenvalue weighted by Gasteiger charge is 2.36. The third-order valence-electron chi connectivity index (χ3n) is 6.26. The van der Waals surface area contributed by atoms with Gasteiger partial charge < -0.3 is 5.73 Å². The van der Waals surface area contributed by atoms with E-state index in [2.05, 4.69) is 23.6 Å². The molecule has 5 atom stereocenters. The van der Waals surface area contributed by atoms with Crippen LogP contribution in [0, 0.1) is 11.8 Å². The van der Waals surface area contributed by atoms with E-state index in [9.17, 15) is 0 Å². The zero-order valence-corrected chi connectivity index (χ0v) is 13.4. The molecular formula is C17H33N3. The van der Waals surface area contributed by atoms with E-state index >= 15 is 0 Å². The summed E-state index contributed by atoms with van der Waals surface area (Å²) in [5.41, 5.74) is 6.43. The molecule has 2 saturated heterocycles. The molecule has 1 saturated carbocycles. The van der Waals surface area contributed by atoms with Crippen molar-refractivity contribution in [3.63, 3.8) is 0 Å². The summed E-state index contributed by atoms with van der Waals surface area (Å²) in [5, 5.41) is 0. The Labute approximate surface area is 124 Å². The molecule has 3 fully saturated rings. The minimum Gasteiger partial charge on any atom is -0.327 e. The molecule has 0 amide bonds. The van der Waals surface area contributed by atoms with Crippen molar-refractivity contribution in [1.29, 1.82) is 0 Å². The molecule has 2 N–H and O–H groups in total. The van der Waals surface area contributed by atoms with Gasteiger partial charge in [-0.1, -0.05) is 13.3 Å². The lowest BCUT2D eigenvalue weighted by Gasteiger charge is -2.45. The van der Waals surface area contributed by atoms with Crippen LogP contribution in [0.5, 0.6) is 0 Å². The Morgan fingerprint density at radius 1 is 1.15 bits per heavy atom. The third kappa shape index (κ3) is 3.05. The first-order chi connectivity index (χ1) is 9.67. The van der Waals surface area contributed by atoms with Crippen LogP contribution in [0.25, 0.3) is 0 Å². The zero-order chi connectivity index (χ0) is 14.1. The van der Waals surface area contributed by atoms with Crippen molar-refractivity contribution in [2.45, 2.75) is 70.5 Å². The molecule has 5 unspecified atom stereocenters. The maximum absolute atomic E-state index is 6.43. The van der Waals surface area contributed by atoms with Crippen molar-refractivity contribution in [2.24, 2.45) is 17.6 Å². The summed E-state index contributed by atoms with van der Waals surface area (Å²) in [5.74, 6) is 1.67. The molecule has 2 aliphatic heterocycles. The van der Waals surface area contributed by atoms with Crippen LogP contribution >= 0.6 is 0 Å². The molecule has 116 valence electrons. The Kier molecular flexibility index (Phi) is 4.68. The van der Waals surface area contributed by atoms with Gasteiger partial charge in [-0.15, -0.1) is 0 Å². The van der Waals surface area contributed by atoms with Gasteiger partial charge in [-0.2, -0.15) is 0 Å². The highest BCUT2D eigenvalue weighted by atomic mass is 15.3. The first kappa shape index (κ1) is 14.8. The maximum atomic E-state index is 6.43. The van der Waals surface area contributed by atoms with E-state index in [4.69, 9.17) is 5.73 Å². The summed E-state index contributed by atoms with van der Waals surface area (Å²) in [7, 11) is 0. The number of fused-ring (bicyclic) bond motifs is 1. The van der Waals surface area contributed by atoms with Crippen LogP contribution in [0.1, 0.15) is 52.4 Å². The summed E-state index contributed by atoms with van der Waals surface area (Å²) < 4.78 is 0. The minimum atomic E-state index is 0.451. The largest absolute Gasteiger partial charge is 0.327 e. The minimum absolute atomic E-state index is 0.451.